The Balaban J connectivity index is 1.46. The molecule has 0 saturated heterocycles. The number of pyridine rings is 1. The summed E-state index contributed by atoms with van der Waals surface area (Å²) in [6.07, 6.45) is 7.55. The number of rotatable bonds is 10. The van der Waals surface area contributed by atoms with Crippen LogP contribution in [0.25, 0.3) is 22.5 Å². The van der Waals surface area contributed by atoms with E-state index in [1.54, 1.807) is 6.92 Å². The Kier molecular flexibility index (Phi) is 7.35. The lowest BCUT2D eigenvalue weighted by Crippen LogP contribution is -2.47. The van der Waals surface area contributed by atoms with Crippen molar-refractivity contribution in [2.45, 2.75) is 66.0 Å². The van der Waals surface area contributed by atoms with E-state index in [4.69, 9.17) is 4.98 Å². The molecule has 0 aliphatic heterocycles. The zero-order valence-corrected chi connectivity index (χ0v) is 22.5. The van der Waals surface area contributed by atoms with Crippen LogP contribution in [-0.2, 0) is 17.8 Å². The molecule has 0 amide bonds. The van der Waals surface area contributed by atoms with Crippen molar-refractivity contribution in [1.82, 2.24) is 34.7 Å². The molecule has 3 aromatic heterocycles. The standard InChI is InChI=1S/C29H35N7O2/c1-5-6-9-22-17-36(27-25(18(2)3)14-26(27)19(4)37)29(38)35(22)16-21-13-12-20(15-30-21)23-10-7-8-11-24(23)28-31-33-34-32-28/h7-8,10-13,15,17-18,25-27H,5-6,9,14,16H2,1-4H3,(H,31,32,33,34). The first-order chi connectivity index (χ1) is 18.4. The number of benzene rings is 1. The maximum atomic E-state index is 13.8. The number of carbonyl (C=O) groups excluding carboxylic acids is 1. The minimum Gasteiger partial charge on any atom is -0.300 e. The molecule has 1 fully saturated rings. The number of aryl methyl sites for hydroxylation is 1. The second kappa shape index (κ2) is 10.8. The molecule has 9 nitrogen and oxygen atoms in total. The van der Waals surface area contributed by atoms with E-state index in [0.717, 1.165) is 53.8 Å². The molecule has 38 heavy (non-hydrogen) atoms. The summed E-state index contributed by atoms with van der Waals surface area (Å²) in [5.74, 6) is 1.41. The number of imidazole rings is 1. The third-order valence-corrected chi connectivity index (χ3v) is 7.93. The van der Waals surface area contributed by atoms with Crippen molar-refractivity contribution in [3.8, 4) is 22.5 Å². The van der Waals surface area contributed by atoms with Crippen molar-refractivity contribution in [2.75, 3.05) is 0 Å². The first-order valence-electron chi connectivity index (χ1n) is 13.5. The lowest BCUT2D eigenvalue weighted by Gasteiger charge is -2.46. The fourth-order valence-electron chi connectivity index (χ4n) is 5.69. The van der Waals surface area contributed by atoms with Gasteiger partial charge in [-0.15, -0.1) is 5.10 Å². The summed E-state index contributed by atoms with van der Waals surface area (Å²) < 4.78 is 3.69. The maximum Gasteiger partial charge on any atom is 0.328 e. The monoisotopic (exact) mass is 513 g/mol. The number of nitrogens with one attached hydrogen (secondary N) is 1. The van der Waals surface area contributed by atoms with Crippen molar-refractivity contribution in [3.05, 3.63) is 70.7 Å². The highest BCUT2D eigenvalue weighted by Gasteiger charge is 2.46. The summed E-state index contributed by atoms with van der Waals surface area (Å²) in [6, 6.07) is 11.8. The van der Waals surface area contributed by atoms with Crippen LogP contribution in [0.1, 0.15) is 64.4 Å². The third-order valence-electron chi connectivity index (χ3n) is 7.93. The Morgan fingerprint density at radius 1 is 1.16 bits per heavy atom. The molecule has 0 bridgehead atoms. The van der Waals surface area contributed by atoms with Crippen LogP contribution in [-0.4, -0.2) is 40.5 Å². The summed E-state index contributed by atoms with van der Waals surface area (Å²) in [6.45, 7) is 8.55. The number of unbranched alkanes of at least 4 members (excludes halogenated alkanes) is 1. The van der Waals surface area contributed by atoms with Gasteiger partial charge in [0.15, 0.2) is 5.82 Å². The first-order valence-corrected chi connectivity index (χ1v) is 13.5. The number of H-pyrrole nitrogens is 1. The topological polar surface area (TPSA) is 111 Å². The molecule has 1 saturated carbocycles. The van der Waals surface area contributed by atoms with Gasteiger partial charge in [0.1, 0.15) is 5.78 Å². The molecule has 3 atom stereocenters. The lowest BCUT2D eigenvalue weighted by molar-refractivity contribution is -0.129. The van der Waals surface area contributed by atoms with Crippen LogP contribution >= 0.6 is 0 Å². The van der Waals surface area contributed by atoms with Crippen molar-refractivity contribution in [3.63, 3.8) is 0 Å². The molecule has 3 heterocycles. The molecule has 9 heteroatoms. The molecule has 5 rings (SSSR count). The van der Waals surface area contributed by atoms with Crippen molar-refractivity contribution in [2.24, 2.45) is 17.8 Å². The molecule has 198 valence electrons. The molecule has 1 N–H and O–H groups in total. The fraction of sp³-hybridized carbons (Fsp3) is 0.448. The van der Waals surface area contributed by atoms with Crippen LogP contribution in [0.3, 0.4) is 0 Å². The maximum absolute atomic E-state index is 13.8. The van der Waals surface area contributed by atoms with E-state index in [0.29, 0.717) is 24.2 Å². The second-order valence-electron chi connectivity index (χ2n) is 10.7. The summed E-state index contributed by atoms with van der Waals surface area (Å²) in [5, 5.41) is 14.3. The molecule has 3 unspecified atom stereocenters. The minimum absolute atomic E-state index is 0.0493. The molecule has 0 radical (unpaired) electrons. The van der Waals surface area contributed by atoms with Crippen LogP contribution in [0.4, 0.5) is 0 Å². The Bertz CT molecular complexity index is 1450. The van der Waals surface area contributed by atoms with Gasteiger partial charge in [-0.3, -0.25) is 18.9 Å². The minimum atomic E-state index is -0.0907. The number of ketones is 1. The predicted octanol–water partition coefficient (Wildman–Crippen LogP) is 4.71. The average Bonchev–Trinajstić information content (AvgIpc) is 3.52. The number of hydrogen-bond acceptors (Lipinski definition) is 6. The SMILES string of the molecule is CCCCc1cn(C2C(C(C)=O)CC2C(C)C)c(=O)n1Cc1ccc(-c2ccccc2-c2nnn[nH]2)cn1. The zero-order valence-electron chi connectivity index (χ0n) is 22.5. The van der Waals surface area contributed by atoms with Crippen LogP contribution < -0.4 is 5.69 Å². The summed E-state index contributed by atoms with van der Waals surface area (Å²) in [5.41, 5.74) is 4.56. The largest absolute Gasteiger partial charge is 0.328 e. The van der Waals surface area contributed by atoms with E-state index in [1.807, 2.05) is 57.9 Å². The number of Topliss-reactive ketones (excluding diaryl/α,β-unsaturated/α-hetero) is 1. The van der Waals surface area contributed by atoms with Crippen LogP contribution in [0.5, 0.6) is 0 Å². The summed E-state index contributed by atoms with van der Waals surface area (Å²) >= 11 is 0. The van der Waals surface area contributed by atoms with Gasteiger partial charge in [0.2, 0.25) is 0 Å². The van der Waals surface area contributed by atoms with Gasteiger partial charge in [-0.1, -0.05) is 57.5 Å². The van der Waals surface area contributed by atoms with Gasteiger partial charge in [-0.25, -0.2) is 9.89 Å². The Hall–Kier alpha value is -3.88. The van der Waals surface area contributed by atoms with E-state index in [1.165, 1.54) is 0 Å². The van der Waals surface area contributed by atoms with E-state index < -0.39 is 0 Å². The number of tetrazole rings is 1. The van der Waals surface area contributed by atoms with Gasteiger partial charge in [0.25, 0.3) is 0 Å². The average molecular weight is 514 g/mol. The Morgan fingerprint density at radius 2 is 1.95 bits per heavy atom. The highest BCUT2D eigenvalue weighted by molar-refractivity contribution is 5.80. The van der Waals surface area contributed by atoms with Crippen LogP contribution in [0.15, 0.2) is 53.6 Å². The molecule has 1 aliphatic carbocycles. The van der Waals surface area contributed by atoms with Gasteiger partial charge in [0.05, 0.1) is 18.3 Å². The third kappa shape index (κ3) is 4.85. The smallest absolute Gasteiger partial charge is 0.300 e. The van der Waals surface area contributed by atoms with Gasteiger partial charge in [-0.05, 0) is 60.1 Å². The summed E-state index contributed by atoms with van der Waals surface area (Å²) in [4.78, 5) is 30.8. The van der Waals surface area contributed by atoms with Gasteiger partial charge >= 0.3 is 5.69 Å². The molecule has 0 spiro atoms. The van der Waals surface area contributed by atoms with Crippen molar-refractivity contribution in [1.29, 1.82) is 0 Å². The van der Waals surface area contributed by atoms with Gasteiger partial charge in [0, 0.05) is 35.1 Å². The highest BCUT2D eigenvalue weighted by atomic mass is 16.2. The molecular weight excluding hydrogens is 478 g/mol. The van der Waals surface area contributed by atoms with E-state index >= 15 is 0 Å². The molecule has 1 aromatic carbocycles. The number of aromatic amines is 1. The second-order valence-corrected chi connectivity index (χ2v) is 10.7. The number of carbonyl (C=O) groups is 1. The fourth-order valence-corrected chi connectivity index (χ4v) is 5.69. The highest BCUT2D eigenvalue weighted by Crippen LogP contribution is 2.48. The van der Waals surface area contributed by atoms with Crippen molar-refractivity contribution < 1.29 is 4.79 Å². The molecular formula is C29H35N7O2. The number of aromatic nitrogens is 7. The zero-order chi connectivity index (χ0) is 26.8. The van der Waals surface area contributed by atoms with Crippen LogP contribution in [0, 0.1) is 17.8 Å². The number of hydrogen-bond donors (Lipinski definition) is 1. The Morgan fingerprint density at radius 3 is 2.58 bits per heavy atom. The lowest BCUT2D eigenvalue weighted by atomic mass is 9.63. The summed E-state index contributed by atoms with van der Waals surface area (Å²) in [7, 11) is 0. The molecule has 4 aromatic rings. The molecule has 1 aliphatic rings. The van der Waals surface area contributed by atoms with Gasteiger partial charge in [-0.2, -0.15) is 0 Å². The predicted molar refractivity (Wildman–Crippen MR) is 145 cm³/mol. The first kappa shape index (κ1) is 25.8. The van der Waals surface area contributed by atoms with E-state index in [9.17, 15) is 9.59 Å². The van der Waals surface area contributed by atoms with E-state index in [2.05, 4.69) is 41.4 Å². The van der Waals surface area contributed by atoms with Crippen molar-refractivity contribution >= 4 is 5.78 Å². The van der Waals surface area contributed by atoms with E-state index in [-0.39, 0.29) is 23.4 Å². The quantitative estimate of drug-likeness (QED) is 0.329. The normalized spacial score (nSPS) is 19.0. The van der Waals surface area contributed by atoms with Crippen LogP contribution in [0.2, 0.25) is 0 Å². The Labute approximate surface area is 222 Å². The van der Waals surface area contributed by atoms with Gasteiger partial charge < -0.3 is 0 Å². The number of nitrogens with zero attached hydrogens (tertiary/aromatic N) is 6.